The molecule has 0 atom stereocenters. The molecule has 1 aliphatic rings. The third-order valence-electron chi connectivity index (χ3n) is 6.22. The maximum atomic E-state index is 13.3. The van der Waals surface area contributed by atoms with Crippen LogP contribution >= 0.6 is 0 Å². The van der Waals surface area contributed by atoms with Crippen LogP contribution in [0.5, 0.6) is 5.88 Å². The molecule has 0 aliphatic heterocycles. The minimum Gasteiger partial charge on any atom is -0.481 e. The molecule has 1 fully saturated rings. The molecule has 0 bridgehead atoms. The first-order valence-electron chi connectivity index (χ1n) is 11.7. The van der Waals surface area contributed by atoms with Gasteiger partial charge in [0.05, 0.1) is 18.4 Å². The second-order valence-corrected chi connectivity index (χ2v) is 9.66. The van der Waals surface area contributed by atoms with Crippen LogP contribution in [0.1, 0.15) is 49.9 Å². The zero-order valence-corrected chi connectivity index (χ0v) is 20.2. The fraction of sp³-hybridized carbons (Fsp3) is 0.458. The van der Waals surface area contributed by atoms with Crippen LogP contribution in [0, 0.1) is 5.92 Å². The summed E-state index contributed by atoms with van der Waals surface area (Å²) in [6.45, 7) is 4.18. The van der Waals surface area contributed by atoms with Gasteiger partial charge in [-0.25, -0.2) is 14.5 Å². The molecule has 0 radical (unpaired) electrons. The molecule has 4 rings (SSSR count). The molecule has 3 heterocycles. The Labute approximate surface area is 203 Å². The van der Waals surface area contributed by atoms with E-state index in [4.69, 9.17) is 16.2 Å². The average molecular weight is 481 g/mol. The summed E-state index contributed by atoms with van der Waals surface area (Å²) < 4.78 is 6.84. The molecule has 35 heavy (non-hydrogen) atoms. The third-order valence-corrected chi connectivity index (χ3v) is 6.22. The molecule has 0 spiro atoms. The Hall–Kier alpha value is -3.73. The number of fused-ring (bicyclic) bond motifs is 1. The summed E-state index contributed by atoms with van der Waals surface area (Å²) in [6, 6.07) is 5.28. The van der Waals surface area contributed by atoms with E-state index in [1.54, 1.807) is 30.0 Å². The molecule has 2 amide bonds. The van der Waals surface area contributed by atoms with Gasteiger partial charge in [0.1, 0.15) is 11.8 Å². The highest BCUT2D eigenvalue weighted by molar-refractivity contribution is 6.05. The molecular weight excluding hydrogens is 448 g/mol. The molecular formula is C24H32N8O3. The monoisotopic (exact) mass is 480 g/mol. The number of nitrogens with two attached hydrogens (primary N) is 2. The van der Waals surface area contributed by atoms with Crippen molar-refractivity contribution < 1.29 is 14.3 Å². The fourth-order valence-electron chi connectivity index (χ4n) is 4.35. The number of hydrogen-bond donors (Lipinski definition) is 4. The summed E-state index contributed by atoms with van der Waals surface area (Å²) in [4.78, 5) is 34.0. The van der Waals surface area contributed by atoms with E-state index in [9.17, 15) is 9.59 Å². The molecule has 0 aromatic carbocycles. The van der Waals surface area contributed by atoms with Crippen molar-refractivity contribution in [2.45, 2.75) is 51.1 Å². The van der Waals surface area contributed by atoms with E-state index in [0.29, 0.717) is 54.9 Å². The van der Waals surface area contributed by atoms with Gasteiger partial charge in [-0.15, -0.1) is 0 Å². The van der Waals surface area contributed by atoms with Crippen LogP contribution < -0.4 is 26.8 Å². The molecule has 0 saturated heterocycles. The molecule has 6 N–H and O–H groups in total. The SMILES string of the molecule is COc1cc(-c2cc(C(=O)N[C@H]3CC[C@@H](C(=O)NCC(C)(C)N)CC3)c3c(N)ncnn23)ccn1. The normalized spacial score (nSPS) is 18.3. The van der Waals surface area contributed by atoms with Crippen LogP contribution in [0.4, 0.5) is 5.82 Å². The number of nitrogens with one attached hydrogen (secondary N) is 2. The fourth-order valence-corrected chi connectivity index (χ4v) is 4.35. The number of methoxy groups -OCH3 is 1. The smallest absolute Gasteiger partial charge is 0.253 e. The molecule has 0 unspecified atom stereocenters. The van der Waals surface area contributed by atoms with Crippen LogP contribution in [-0.4, -0.2) is 56.6 Å². The van der Waals surface area contributed by atoms with Crippen molar-refractivity contribution in [1.82, 2.24) is 30.2 Å². The number of nitrogen functional groups attached to an aromatic ring is 1. The van der Waals surface area contributed by atoms with Crippen LogP contribution in [0.3, 0.4) is 0 Å². The van der Waals surface area contributed by atoms with Crippen molar-refractivity contribution in [3.8, 4) is 17.1 Å². The van der Waals surface area contributed by atoms with Gasteiger partial charge in [-0.3, -0.25) is 9.59 Å². The van der Waals surface area contributed by atoms with E-state index < -0.39 is 5.54 Å². The Bertz CT molecular complexity index is 1230. The van der Waals surface area contributed by atoms with E-state index in [1.165, 1.54) is 6.33 Å². The van der Waals surface area contributed by atoms with Gasteiger partial charge in [0.25, 0.3) is 5.91 Å². The summed E-state index contributed by atoms with van der Waals surface area (Å²) in [5.41, 5.74) is 13.9. The molecule has 1 aliphatic carbocycles. The predicted molar refractivity (Wildman–Crippen MR) is 132 cm³/mol. The van der Waals surface area contributed by atoms with Crippen molar-refractivity contribution in [1.29, 1.82) is 0 Å². The lowest BCUT2D eigenvalue weighted by Crippen LogP contribution is -2.47. The van der Waals surface area contributed by atoms with Crippen LogP contribution in [0.15, 0.2) is 30.7 Å². The van der Waals surface area contributed by atoms with E-state index in [1.807, 2.05) is 19.9 Å². The van der Waals surface area contributed by atoms with Crippen molar-refractivity contribution in [2.24, 2.45) is 11.7 Å². The number of carbonyl (C=O) groups is 2. The van der Waals surface area contributed by atoms with Crippen LogP contribution in [0.2, 0.25) is 0 Å². The number of nitrogens with zero attached hydrogens (tertiary/aromatic N) is 4. The average Bonchev–Trinajstić information content (AvgIpc) is 3.24. The van der Waals surface area contributed by atoms with E-state index >= 15 is 0 Å². The lowest BCUT2D eigenvalue weighted by Gasteiger charge is -2.29. The molecule has 11 nitrogen and oxygen atoms in total. The maximum absolute atomic E-state index is 13.3. The molecule has 3 aromatic rings. The lowest BCUT2D eigenvalue weighted by atomic mass is 9.85. The van der Waals surface area contributed by atoms with Gasteiger partial charge in [0, 0.05) is 41.9 Å². The van der Waals surface area contributed by atoms with Gasteiger partial charge in [0.15, 0.2) is 5.82 Å². The summed E-state index contributed by atoms with van der Waals surface area (Å²) in [6.07, 6.45) is 5.80. The largest absolute Gasteiger partial charge is 0.481 e. The van der Waals surface area contributed by atoms with E-state index in [-0.39, 0.29) is 29.6 Å². The predicted octanol–water partition coefficient (Wildman–Crippen LogP) is 1.52. The number of aromatic nitrogens is 4. The zero-order chi connectivity index (χ0) is 25.2. The van der Waals surface area contributed by atoms with Crippen molar-refractivity contribution in [3.05, 3.63) is 36.3 Å². The Morgan fingerprint density at radius 3 is 2.63 bits per heavy atom. The van der Waals surface area contributed by atoms with E-state index in [0.717, 1.165) is 5.56 Å². The van der Waals surface area contributed by atoms with Gasteiger partial charge >= 0.3 is 0 Å². The zero-order valence-electron chi connectivity index (χ0n) is 20.2. The van der Waals surface area contributed by atoms with Gasteiger partial charge < -0.3 is 26.8 Å². The third kappa shape index (κ3) is 5.51. The summed E-state index contributed by atoms with van der Waals surface area (Å²) in [5.74, 6) is 0.350. The number of rotatable bonds is 7. The number of anilines is 1. The summed E-state index contributed by atoms with van der Waals surface area (Å²) >= 11 is 0. The molecule has 11 heteroatoms. The number of carbonyl (C=O) groups excluding carboxylic acids is 2. The van der Waals surface area contributed by atoms with Gasteiger partial charge in [-0.2, -0.15) is 5.10 Å². The van der Waals surface area contributed by atoms with Crippen LogP contribution in [-0.2, 0) is 4.79 Å². The highest BCUT2D eigenvalue weighted by atomic mass is 16.5. The van der Waals surface area contributed by atoms with Crippen molar-refractivity contribution >= 4 is 23.1 Å². The maximum Gasteiger partial charge on any atom is 0.253 e. The molecule has 3 aromatic heterocycles. The number of ether oxygens (including phenoxy) is 1. The Morgan fingerprint density at radius 2 is 1.94 bits per heavy atom. The summed E-state index contributed by atoms with van der Waals surface area (Å²) in [7, 11) is 1.54. The molecule has 1 saturated carbocycles. The standard InChI is InChI=1S/C24H32N8O3/c1-24(2,26)12-28-22(33)14-4-6-16(7-5-14)31-23(34)17-11-18(15-8-9-27-19(10-15)35-3)32-20(17)21(25)29-13-30-32/h8-11,13-14,16H,4-7,12,26H2,1-3H3,(H,28,33)(H,31,34)(H2,25,29,30)/t14-,16+. The minimum absolute atomic E-state index is 0.0223. The first-order valence-corrected chi connectivity index (χ1v) is 11.7. The second-order valence-electron chi connectivity index (χ2n) is 9.66. The Morgan fingerprint density at radius 1 is 1.20 bits per heavy atom. The Balaban J connectivity index is 1.49. The van der Waals surface area contributed by atoms with Crippen LogP contribution in [0.25, 0.3) is 16.8 Å². The number of amides is 2. The van der Waals surface area contributed by atoms with E-state index in [2.05, 4.69) is 25.7 Å². The highest BCUT2D eigenvalue weighted by Gasteiger charge is 2.29. The van der Waals surface area contributed by atoms with Crippen molar-refractivity contribution in [2.75, 3.05) is 19.4 Å². The first kappa shape index (κ1) is 24.4. The van der Waals surface area contributed by atoms with Gasteiger partial charge in [-0.05, 0) is 51.7 Å². The lowest BCUT2D eigenvalue weighted by molar-refractivity contribution is -0.126. The molecule has 186 valence electrons. The van der Waals surface area contributed by atoms with Crippen molar-refractivity contribution in [3.63, 3.8) is 0 Å². The first-order chi connectivity index (χ1) is 16.7. The Kier molecular flexibility index (Phi) is 6.88. The summed E-state index contributed by atoms with van der Waals surface area (Å²) in [5, 5.41) is 10.4. The second kappa shape index (κ2) is 9.87. The number of pyridine rings is 1. The minimum atomic E-state index is -0.451. The number of hydrogen-bond acceptors (Lipinski definition) is 8. The van der Waals surface area contributed by atoms with Gasteiger partial charge in [0.2, 0.25) is 11.8 Å². The van der Waals surface area contributed by atoms with Gasteiger partial charge in [-0.1, -0.05) is 0 Å². The quantitative estimate of drug-likeness (QED) is 0.395. The topological polar surface area (TPSA) is 163 Å². The highest BCUT2D eigenvalue weighted by Crippen LogP contribution is 2.30.